The Morgan fingerprint density at radius 1 is 0.559 bits per heavy atom. The molecule has 192 valence electrons. The first-order valence-corrected chi connectivity index (χ1v) is 16.2. The van der Waals surface area contributed by atoms with Gasteiger partial charge in [-0.25, -0.2) is 0 Å². The van der Waals surface area contributed by atoms with E-state index in [0.717, 1.165) is 11.8 Å². The monoisotopic (exact) mass is 500 g/mol. The molecule has 0 aliphatic carbocycles. The Hall–Kier alpha value is -0.860. The number of hydrogen-bond acceptors (Lipinski definition) is 2. The summed E-state index contributed by atoms with van der Waals surface area (Å²) < 4.78 is 0. The van der Waals surface area contributed by atoms with Crippen LogP contribution in [0.5, 0.6) is 0 Å². The van der Waals surface area contributed by atoms with Crippen molar-refractivity contribution in [2.24, 2.45) is 0 Å². The summed E-state index contributed by atoms with van der Waals surface area (Å²) in [5.74, 6) is 1.50. The van der Waals surface area contributed by atoms with Gasteiger partial charge >= 0.3 is 0 Å². The molecule has 2 rings (SSSR count). The highest BCUT2D eigenvalue weighted by Gasteiger charge is 2.18. The second kappa shape index (κ2) is 16.7. The fourth-order valence-corrected chi connectivity index (χ4v) is 7.55. The summed E-state index contributed by atoms with van der Waals surface area (Å²) in [4.78, 5) is 2.92. The lowest BCUT2D eigenvalue weighted by atomic mass is 9.88. The molecule has 2 aromatic heterocycles. The largest absolute Gasteiger partial charge is 0.144 e. The zero-order valence-corrected chi connectivity index (χ0v) is 24.8. The lowest BCUT2D eigenvalue weighted by molar-refractivity contribution is 0.520. The van der Waals surface area contributed by atoms with Crippen molar-refractivity contribution in [3.05, 3.63) is 42.8 Å². The van der Waals surface area contributed by atoms with Crippen LogP contribution < -0.4 is 0 Å². The Bertz CT molecular complexity index is 754. The van der Waals surface area contributed by atoms with Crippen LogP contribution in [0.15, 0.2) is 10.8 Å². The third-order valence-corrected chi connectivity index (χ3v) is 9.72. The van der Waals surface area contributed by atoms with Crippen LogP contribution in [0.1, 0.15) is 161 Å². The first-order valence-electron chi connectivity index (χ1n) is 14.4. The molecule has 0 radical (unpaired) electrons. The van der Waals surface area contributed by atoms with Gasteiger partial charge in [0.2, 0.25) is 0 Å². The maximum absolute atomic E-state index is 2.47. The minimum absolute atomic E-state index is 0.748. The van der Waals surface area contributed by atoms with E-state index in [9.17, 15) is 0 Å². The van der Waals surface area contributed by atoms with E-state index in [1.807, 2.05) is 22.7 Å². The molecule has 2 unspecified atom stereocenters. The quantitative estimate of drug-likeness (QED) is 0.178. The number of thiophene rings is 2. The van der Waals surface area contributed by atoms with Gasteiger partial charge in [-0.2, -0.15) is 0 Å². The molecule has 0 amide bonds. The molecule has 2 aromatic rings. The van der Waals surface area contributed by atoms with Crippen LogP contribution >= 0.6 is 22.7 Å². The minimum Gasteiger partial charge on any atom is -0.144 e. The Morgan fingerprint density at radius 2 is 0.971 bits per heavy atom. The van der Waals surface area contributed by atoms with Crippen LogP contribution in [0.2, 0.25) is 0 Å². The topological polar surface area (TPSA) is 0 Å². The van der Waals surface area contributed by atoms with Gasteiger partial charge in [0.05, 0.1) is 0 Å². The second-order valence-electron chi connectivity index (χ2n) is 10.4. The molecule has 0 aliphatic heterocycles. The van der Waals surface area contributed by atoms with Crippen LogP contribution in [-0.4, -0.2) is 0 Å². The minimum atomic E-state index is 0.748. The average molecular weight is 501 g/mol. The van der Waals surface area contributed by atoms with E-state index in [1.165, 1.54) is 111 Å². The van der Waals surface area contributed by atoms with Crippen molar-refractivity contribution in [1.82, 2.24) is 0 Å². The van der Waals surface area contributed by atoms with Gasteiger partial charge in [-0.3, -0.25) is 0 Å². The molecule has 0 aromatic carbocycles. The molecule has 34 heavy (non-hydrogen) atoms. The second-order valence-corrected chi connectivity index (χ2v) is 12.2. The smallest absolute Gasteiger partial charge is 0.0302 e. The lowest BCUT2D eigenvalue weighted by Crippen LogP contribution is -2.00. The van der Waals surface area contributed by atoms with Gasteiger partial charge in [0.1, 0.15) is 0 Å². The zero-order valence-electron chi connectivity index (χ0n) is 23.2. The van der Waals surface area contributed by atoms with Crippen LogP contribution in [-0.2, 0) is 0 Å². The molecule has 0 N–H and O–H groups in total. The molecule has 0 spiro atoms. The van der Waals surface area contributed by atoms with Gasteiger partial charge < -0.3 is 0 Å². The molecule has 2 heteroatoms. The molecule has 2 atom stereocenters. The van der Waals surface area contributed by atoms with E-state index in [4.69, 9.17) is 0 Å². The van der Waals surface area contributed by atoms with Crippen molar-refractivity contribution in [1.29, 1.82) is 0 Å². The first kappa shape index (κ1) is 29.4. The van der Waals surface area contributed by atoms with E-state index < -0.39 is 0 Å². The summed E-state index contributed by atoms with van der Waals surface area (Å²) in [6.45, 7) is 14.0. The predicted molar refractivity (Wildman–Crippen MR) is 160 cm³/mol. The highest BCUT2D eigenvalue weighted by molar-refractivity contribution is 7.12. The van der Waals surface area contributed by atoms with Crippen LogP contribution in [0.3, 0.4) is 0 Å². The van der Waals surface area contributed by atoms with E-state index in [1.54, 1.807) is 11.1 Å². The van der Waals surface area contributed by atoms with Crippen LogP contribution in [0, 0.1) is 13.8 Å². The SMILES string of the molecule is CCCCCCC(CCC)c1csc(/C=C/c2scc(C(CCC)CCCCCC)c2C)c1C. The molecule has 0 fully saturated rings. The number of rotatable bonds is 18. The highest BCUT2D eigenvalue weighted by Crippen LogP contribution is 2.38. The van der Waals surface area contributed by atoms with E-state index in [-0.39, 0.29) is 0 Å². The van der Waals surface area contributed by atoms with E-state index >= 15 is 0 Å². The molecule has 0 saturated heterocycles. The molecular formula is C32H52S2. The molecule has 2 heterocycles. The van der Waals surface area contributed by atoms with Gasteiger partial charge in [0.15, 0.2) is 0 Å². The average Bonchev–Trinajstić information content (AvgIpc) is 3.38. The summed E-state index contributed by atoms with van der Waals surface area (Å²) in [6.07, 6.45) is 23.7. The fourth-order valence-electron chi connectivity index (χ4n) is 5.42. The van der Waals surface area contributed by atoms with Crippen molar-refractivity contribution in [2.75, 3.05) is 0 Å². The Kier molecular flexibility index (Phi) is 14.5. The molecule has 0 nitrogen and oxygen atoms in total. The summed E-state index contributed by atoms with van der Waals surface area (Å²) in [5.41, 5.74) is 6.32. The van der Waals surface area contributed by atoms with Gasteiger partial charge in [0, 0.05) is 9.75 Å². The Morgan fingerprint density at radius 3 is 1.32 bits per heavy atom. The molecule has 0 aliphatic rings. The Labute approximate surface area is 220 Å². The zero-order chi connectivity index (χ0) is 24.8. The van der Waals surface area contributed by atoms with Crippen LogP contribution in [0.25, 0.3) is 12.2 Å². The maximum Gasteiger partial charge on any atom is 0.0302 e. The summed E-state index contributed by atoms with van der Waals surface area (Å²) in [7, 11) is 0. The first-order chi connectivity index (χ1) is 16.6. The summed E-state index contributed by atoms with van der Waals surface area (Å²) >= 11 is 3.91. The summed E-state index contributed by atoms with van der Waals surface area (Å²) in [5, 5.41) is 4.94. The standard InChI is InChI=1S/C32H52S2/c1-7-11-13-15-19-27(17-9-3)29-23-33-31(25(29)5)21-22-32-26(6)30(24-34-32)28(18-10-4)20-16-14-12-8-2/h21-24,27-28H,7-20H2,1-6H3/b22-21+. The maximum atomic E-state index is 2.47. The van der Waals surface area contributed by atoms with Crippen molar-refractivity contribution in [3.63, 3.8) is 0 Å². The van der Waals surface area contributed by atoms with Crippen molar-refractivity contribution in [2.45, 2.75) is 143 Å². The van der Waals surface area contributed by atoms with Gasteiger partial charge in [-0.15, -0.1) is 22.7 Å². The van der Waals surface area contributed by atoms with Crippen molar-refractivity contribution >= 4 is 34.8 Å². The van der Waals surface area contributed by atoms with Gasteiger partial charge in [-0.1, -0.05) is 91.9 Å². The number of hydrogen-bond donors (Lipinski definition) is 0. The predicted octanol–water partition coefficient (Wildman–Crippen LogP) is 12.3. The fraction of sp³-hybridized carbons (Fsp3) is 0.688. The molecule has 0 bridgehead atoms. The third kappa shape index (κ3) is 8.98. The van der Waals surface area contributed by atoms with Gasteiger partial charge in [0.25, 0.3) is 0 Å². The van der Waals surface area contributed by atoms with Crippen molar-refractivity contribution in [3.8, 4) is 0 Å². The molecule has 0 saturated carbocycles. The third-order valence-electron chi connectivity index (χ3n) is 7.58. The van der Waals surface area contributed by atoms with E-state index in [2.05, 4.69) is 64.5 Å². The van der Waals surface area contributed by atoms with Crippen molar-refractivity contribution < 1.29 is 0 Å². The normalized spacial score (nSPS) is 13.7. The molecular weight excluding hydrogens is 448 g/mol. The number of unbranched alkanes of at least 4 members (excludes halogenated alkanes) is 6. The van der Waals surface area contributed by atoms with Crippen LogP contribution in [0.4, 0.5) is 0 Å². The lowest BCUT2D eigenvalue weighted by Gasteiger charge is -2.16. The highest BCUT2D eigenvalue weighted by atomic mass is 32.1. The van der Waals surface area contributed by atoms with E-state index in [0.29, 0.717) is 0 Å². The van der Waals surface area contributed by atoms with Gasteiger partial charge in [-0.05, 0) is 96.5 Å². The Balaban J connectivity index is 2.10. The summed E-state index contributed by atoms with van der Waals surface area (Å²) in [6, 6.07) is 0.